The van der Waals surface area contributed by atoms with Crippen LogP contribution in [-0.2, 0) is 4.79 Å². The van der Waals surface area contributed by atoms with Crippen LogP contribution in [0.4, 0.5) is 0 Å². The molecule has 4 heteroatoms. The fraction of sp³-hybridized carbons (Fsp3) is 0.923. The van der Waals surface area contributed by atoms with Gasteiger partial charge < -0.3 is 16.2 Å². The quantitative estimate of drug-likeness (QED) is 0.612. The van der Waals surface area contributed by atoms with E-state index in [2.05, 4.69) is 12.2 Å². The van der Waals surface area contributed by atoms with E-state index in [1.165, 1.54) is 0 Å². The molecule has 1 saturated carbocycles. The minimum Gasteiger partial charge on any atom is -0.394 e. The zero-order valence-corrected chi connectivity index (χ0v) is 10.9. The number of nitrogens with one attached hydrogen (secondary N) is 1. The summed E-state index contributed by atoms with van der Waals surface area (Å²) < 4.78 is 0. The van der Waals surface area contributed by atoms with Gasteiger partial charge in [0.05, 0.1) is 12.1 Å². The largest absolute Gasteiger partial charge is 0.394 e. The summed E-state index contributed by atoms with van der Waals surface area (Å²) >= 11 is 0. The van der Waals surface area contributed by atoms with E-state index < -0.39 is 0 Å². The van der Waals surface area contributed by atoms with Crippen LogP contribution in [0.2, 0.25) is 0 Å². The Labute approximate surface area is 104 Å². The number of nitrogens with two attached hydrogens (primary N) is 1. The van der Waals surface area contributed by atoms with E-state index in [1.807, 2.05) is 0 Å². The topological polar surface area (TPSA) is 75.3 Å². The average molecular weight is 242 g/mol. The number of rotatable bonds is 6. The molecule has 0 bridgehead atoms. The molecule has 17 heavy (non-hydrogen) atoms. The molecule has 1 amide bonds. The van der Waals surface area contributed by atoms with Gasteiger partial charge in [-0.3, -0.25) is 4.79 Å². The molecule has 1 aliphatic carbocycles. The maximum Gasteiger partial charge on any atom is 0.220 e. The summed E-state index contributed by atoms with van der Waals surface area (Å²) in [6, 6.07) is 0. The Kier molecular flexibility index (Phi) is 5.92. The first-order valence-corrected chi connectivity index (χ1v) is 6.74. The van der Waals surface area contributed by atoms with Gasteiger partial charge in [0, 0.05) is 6.42 Å². The van der Waals surface area contributed by atoms with Crippen LogP contribution in [0.3, 0.4) is 0 Å². The second-order valence-electron chi connectivity index (χ2n) is 5.41. The minimum absolute atomic E-state index is 0.0575. The Balaban J connectivity index is 2.37. The summed E-state index contributed by atoms with van der Waals surface area (Å²) in [4.78, 5) is 11.8. The number of amides is 1. The van der Waals surface area contributed by atoms with Crippen LogP contribution in [0, 0.1) is 5.92 Å². The summed E-state index contributed by atoms with van der Waals surface area (Å²) in [6.07, 6.45) is 6.21. The lowest BCUT2D eigenvalue weighted by atomic mass is 9.77. The van der Waals surface area contributed by atoms with Crippen molar-refractivity contribution in [3.8, 4) is 0 Å². The highest BCUT2D eigenvalue weighted by Crippen LogP contribution is 2.31. The van der Waals surface area contributed by atoms with Crippen LogP contribution < -0.4 is 11.1 Å². The van der Waals surface area contributed by atoms with Crippen LogP contribution in [-0.4, -0.2) is 29.7 Å². The van der Waals surface area contributed by atoms with Crippen LogP contribution in [0.15, 0.2) is 0 Å². The summed E-state index contributed by atoms with van der Waals surface area (Å²) in [5.41, 5.74) is 5.04. The Morgan fingerprint density at radius 2 is 2.06 bits per heavy atom. The van der Waals surface area contributed by atoms with Gasteiger partial charge in [-0.25, -0.2) is 0 Å². The Morgan fingerprint density at radius 1 is 1.41 bits per heavy atom. The molecule has 0 unspecified atom stereocenters. The van der Waals surface area contributed by atoms with E-state index in [0.29, 0.717) is 18.9 Å². The van der Waals surface area contributed by atoms with Crippen LogP contribution in [0.1, 0.15) is 51.9 Å². The van der Waals surface area contributed by atoms with Crippen LogP contribution in [0.25, 0.3) is 0 Å². The van der Waals surface area contributed by atoms with Crippen molar-refractivity contribution in [1.82, 2.24) is 5.32 Å². The van der Waals surface area contributed by atoms with Gasteiger partial charge in [-0.05, 0) is 51.0 Å². The summed E-state index contributed by atoms with van der Waals surface area (Å²) in [6.45, 7) is 2.92. The second kappa shape index (κ2) is 6.97. The van der Waals surface area contributed by atoms with Gasteiger partial charge >= 0.3 is 0 Å². The molecule has 0 saturated heterocycles. The highest BCUT2D eigenvalue weighted by molar-refractivity contribution is 5.76. The van der Waals surface area contributed by atoms with Gasteiger partial charge in [-0.15, -0.1) is 0 Å². The molecule has 0 aliphatic heterocycles. The van der Waals surface area contributed by atoms with E-state index in [1.54, 1.807) is 0 Å². The lowest BCUT2D eigenvalue weighted by Gasteiger charge is -2.38. The molecule has 1 fully saturated rings. The first-order chi connectivity index (χ1) is 8.12. The number of unbranched alkanes of at least 4 members (excludes halogenated alkanes) is 1. The van der Waals surface area contributed by atoms with E-state index in [9.17, 15) is 9.90 Å². The smallest absolute Gasteiger partial charge is 0.220 e. The second-order valence-corrected chi connectivity index (χ2v) is 5.41. The van der Waals surface area contributed by atoms with Gasteiger partial charge in [0.15, 0.2) is 0 Å². The van der Waals surface area contributed by atoms with Gasteiger partial charge in [0.25, 0.3) is 0 Å². The van der Waals surface area contributed by atoms with Gasteiger partial charge in [0.2, 0.25) is 5.91 Å². The van der Waals surface area contributed by atoms with Crippen molar-refractivity contribution in [3.63, 3.8) is 0 Å². The van der Waals surface area contributed by atoms with Gasteiger partial charge in [-0.2, -0.15) is 0 Å². The number of carbonyl (C=O) groups is 1. The third kappa shape index (κ3) is 4.64. The molecular weight excluding hydrogens is 216 g/mol. The van der Waals surface area contributed by atoms with E-state index >= 15 is 0 Å². The standard InChI is InChI=1S/C13H26N2O2/c1-11-5-7-13(10-16,8-6-11)15-12(17)4-2-3-9-14/h11,16H,2-10,14H2,1H3,(H,15,17). The molecule has 1 rings (SSSR count). The highest BCUT2D eigenvalue weighted by atomic mass is 16.3. The molecule has 0 aromatic heterocycles. The number of aliphatic hydroxyl groups is 1. The zero-order chi connectivity index (χ0) is 12.7. The molecule has 0 spiro atoms. The Morgan fingerprint density at radius 3 is 2.59 bits per heavy atom. The van der Waals surface area contributed by atoms with Crippen molar-refractivity contribution in [2.45, 2.75) is 57.4 Å². The van der Waals surface area contributed by atoms with Crippen molar-refractivity contribution in [2.24, 2.45) is 11.7 Å². The molecule has 1 aliphatic rings. The third-order valence-electron chi connectivity index (χ3n) is 3.80. The van der Waals surface area contributed by atoms with Gasteiger partial charge in [-0.1, -0.05) is 6.92 Å². The molecule has 4 N–H and O–H groups in total. The molecule has 100 valence electrons. The molecular formula is C13H26N2O2. The van der Waals surface area contributed by atoms with E-state index in [0.717, 1.165) is 38.5 Å². The first-order valence-electron chi connectivity index (χ1n) is 6.74. The highest BCUT2D eigenvalue weighted by Gasteiger charge is 2.34. The molecule has 0 radical (unpaired) electrons. The minimum atomic E-state index is -0.355. The molecule has 0 atom stereocenters. The van der Waals surface area contributed by atoms with E-state index in [-0.39, 0.29) is 18.1 Å². The predicted molar refractivity (Wildman–Crippen MR) is 68.5 cm³/mol. The molecule has 4 nitrogen and oxygen atoms in total. The summed E-state index contributed by atoms with van der Waals surface area (Å²) in [5.74, 6) is 0.769. The fourth-order valence-corrected chi connectivity index (χ4v) is 2.43. The van der Waals surface area contributed by atoms with Gasteiger partial charge in [0.1, 0.15) is 0 Å². The lowest BCUT2D eigenvalue weighted by Crippen LogP contribution is -2.53. The maximum atomic E-state index is 11.8. The van der Waals surface area contributed by atoms with Crippen LogP contribution >= 0.6 is 0 Å². The van der Waals surface area contributed by atoms with Crippen molar-refractivity contribution in [2.75, 3.05) is 13.2 Å². The van der Waals surface area contributed by atoms with Crippen molar-refractivity contribution in [1.29, 1.82) is 0 Å². The SMILES string of the molecule is CC1CCC(CO)(NC(=O)CCCCN)CC1. The maximum absolute atomic E-state index is 11.8. The summed E-state index contributed by atoms with van der Waals surface area (Å²) in [7, 11) is 0. The Bertz CT molecular complexity index is 236. The normalized spacial score (nSPS) is 29.0. The third-order valence-corrected chi connectivity index (χ3v) is 3.80. The number of hydrogen-bond acceptors (Lipinski definition) is 3. The Hall–Kier alpha value is -0.610. The average Bonchev–Trinajstić information content (AvgIpc) is 2.33. The van der Waals surface area contributed by atoms with Crippen molar-refractivity contribution in [3.05, 3.63) is 0 Å². The number of aliphatic hydroxyl groups excluding tert-OH is 1. The monoisotopic (exact) mass is 242 g/mol. The summed E-state index contributed by atoms with van der Waals surface area (Å²) in [5, 5.41) is 12.5. The number of carbonyl (C=O) groups excluding carboxylic acids is 1. The fourth-order valence-electron chi connectivity index (χ4n) is 2.43. The van der Waals surface area contributed by atoms with E-state index in [4.69, 9.17) is 5.73 Å². The predicted octanol–water partition coefficient (Wildman–Crippen LogP) is 1.17. The van der Waals surface area contributed by atoms with Crippen molar-refractivity contribution >= 4 is 5.91 Å². The molecule has 0 aromatic rings. The lowest BCUT2D eigenvalue weighted by molar-refractivity contribution is -0.124. The number of hydrogen-bond donors (Lipinski definition) is 3. The van der Waals surface area contributed by atoms with Crippen molar-refractivity contribution < 1.29 is 9.90 Å². The van der Waals surface area contributed by atoms with Crippen LogP contribution in [0.5, 0.6) is 0 Å². The first kappa shape index (κ1) is 14.5. The zero-order valence-electron chi connectivity index (χ0n) is 10.9. The molecule has 0 heterocycles. The molecule has 0 aromatic carbocycles.